The first-order valence-corrected chi connectivity index (χ1v) is 8.43. The highest BCUT2D eigenvalue weighted by Gasteiger charge is 2.20. The van der Waals surface area contributed by atoms with Crippen molar-refractivity contribution >= 4 is 34.4 Å². The molecule has 1 aromatic heterocycles. The summed E-state index contributed by atoms with van der Waals surface area (Å²) in [5.41, 5.74) is 6.97. The Balaban J connectivity index is 1.69. The fraction of sp³-hybridized carbons (Fsp3) is 0.150. The number of carbonyl (C=O) groups excluding carboxylic acids is 3. The van der Waals surface area contributed by atoms with Crippen molar-refractivity contribution in [3.63, 3.8) is 0 Å². The van der Waals surface area contributed by atoms with Crippen LogP contribution in [0.4, 0.5) is 5.69 Å². The van der Waals surface area contributed by atoms with Gasteiger partial charge in [-0.05, 0) is 18.2 Å². The summed E-state index contributed by atoms with van der Waals surface area (Å²) in [6.45, 7) is -0.325. The van der Waals surface area contributed by atoms with Crippen LogP contribution in [0.1, 0.15) is 16.8 Å². The normalized spacial score (nSPS) is 10.5. The topological polar surface area (TPSA) is 105 Å². The highest BCUT2D eigenvalue weighted by atomic mass is 16.5. The average Bonchev–Trinajstić information content (AvgIpc) is 3.11. The zero-order valence-electron chi connectivity index (χ0n) is 14.6. The van der Waals surface area contributed by atoms with Gasteiger partial charge in [-0.2, -0.15) is 0 Å². The average molecular weight is 365 g/mol. The summed E-state index contributed by atoms with van der Waals surface area (Å²) in [5.74, 6) is -1.54. The summed E-state index contributed by atoms with van der Waals surface area (Å²) in [6, 6.07) is 16.2. The van der Waals surface area contributed by atoms with Gasteiger partial charge in [0.15, 0.2) is 6.61 Å². The molecule has 0 fully saturated rings. The molecule has 3 aromatic rings. The van der Waals surface area contributed by atoms with Crippen LogP contribution in [0.3, 0.4) is 0 Å². The SMILES string of the molecule is NC(=O)CCN(C(=O)COC(=O)c1c[nH]c2ccccc12)c1ccccc1. The third-order valence-electron chi connectivity index (χ3n) is 4.09. The number of fused-ring (bicyclic) bond motifs is 1. The third-order valence-corrected chi connectivity index (χ3v) is 4.09. The van der Waals surface area contributed by atoms with E-state index in [2.05, 4.69) is 4.98 Å². The molecule has 0 saturated carbocycles. The van der Waals surface area contributed by atoms with Crippen LogP contribution in [0.15, 0.2) is 60.8 Å². The standard InChI is InChI=1S/C20H19N3O4/c21-18(24)10-11-23(14-6-2-1-3-7-14)19(25)13-27-20(26)16-12-22-17-9-5-4-8-15(16)17/h1-9,12,22H,10-11,13H2,(H2,21,24). The molecule has 7 nitrogen and oxygen atoms in total. The van der Waals surface area contributed by atoms with Crippen LogP contribution < -0.4 is 10.6 Å². The van der Waals surface area contributed by atoms with Crippen LogP contribution in [0.5, 0.6) is 0 Å². The molecule has 27 heavy (non-hydrogen) atoms. The lowest BCUT2D eigenvalue weighted by atomic mass is 10.2. The lowest BCUT2D eigenvalue weighted by molar-refractivity contribution is -0.121. The van der Waals surface area contributed by atoms with Gasteiger partial charge in [0, 0.05) is 35.8 Å². The first-order valence-electron chi connectivity index (χ1n) is 8.43. The predicted octanol–water partition coefficient (Wildman–Crippen LogP) is 2.23. The maximum absolute atomic E-state index is 12.6. The van der Waals surface area contributed by atoms with Gasteiger partial charge in [-0.25, -0.2) is 4.79 Å². The van der Waals surface area contributed by atoms with Crippen molar-refractivity contribution in [2.45, 2.75) is 6.42 Å². The first-order chi connectivity index (χ1) is 13.1. The third kappa shape index (κ3) is 4.33. The molecule has 0 aliphatic rings. The number of rotatable bonds is 7. The van der Waals surface area contributed by atoms with Crippen molar-refractivity contribution in [2.24, 2.45) is 5.73 Å². The van der Waals surface area contributed by atoms with Crippen molar-refractivity contribution in [1.82, 2.24) is 4.98 Å². The van der Waals surface area contributed by atoms with Crippen LogP contribution >= 0.6 is 0 Å². The van der Waals surface area contributed by atoms with Crippen LogP contribution in [0.25, 0.3) is 10.9 Å². The quantitative estimate of drug-likeness (QED) is 0.626. The summed E-state index contributed by atoms with van der Waals surface area (Å²) in [4.78, 5) is 40.4. The number of carbonyl (C=O) groups is 3. The van der Waals surface area contributed by atoms with Gasteiger partial charge in [-0.3, -0.25) is 9.59 Å². The van der Waals surface area contributed by atoms with Crippen molar-refractivity contribution < 1.29 is 19.1 Å². The Kier molecular flexibility index (Phi) is 5.51. The van der Waals surface area contributed by atoms with E-state index in [-0.39, 0.29) is 13.0 Å². The minimum Gasteiger partial charge on any atom is -0.452 e. The van der Waals surface area contributed by atoms with E-state index in [9.17, 15) is 14.4 Å². The molecule has 0 spiro atoms. The molecule has 138 valence electrons. The molecule has 0 atom stereocenters. The van der Waals surface area contributed by atoms with Crippen LogP contribution in [-0.4, -0.2) is 35.9 Å². The number of ether oxygens (including phenoxy) is 1. The highest BCUT2D eigenvalue weighted by Crippen LogP contribution is 2.19. The number of H-pyrrole nitrogens is 1. The van der Waals surface area contributed by atoms with Crippen molar-refractivity contribution in [3.8, 4) is 0 Å². The van der Waals surface area contributed by atoms with E-state index in [0.29, 0.717) is 11.3 Å². The molecule has 0 aliphatic carbocycles. The van der Waals surface area contributed by atoms with Gasteiger partial charge in [0.05, 0.1) is 5.56 Å². The molecule has 3 rings (SSSR count). The first kappa shape index (κ1) is 18.2. The maximum atomic E-state index is 12.6. The maximum Gasteiger partial charge on any atom is 0.340 e. The van der Waals surface area contributed by atoms with E-state index in [4.69, 9.17) is 10.5 Å². The molecule has 7 heteroatoms. The fourth-order valence-corrected chi connectivity index (χ4v) is 2.75. The van der Waals surface area contributed by atoms with E-state index in [1.54, 1.807) is 36.5 Å². The smallest absolute Gasteiger partial charge is 0.340 e. The van der Waals surface area contributed by atoms with Gasteiger partial charge in [0.2, 0.25) is 5.91 Å². The van der Waals surface area contributed by atoms with Gasteiger partial charge in [0.1, 0.15) is 0 Å². The Morgan fingerprint density at radius 1 is 1.00 bits per heavy atom. The zero-order valence-corrected chi connectivity index (χ0v) is 14.6. The second-order valence-corrected chi connectivity index (χ2v) is 5.92. The number of nitrogens with one attached hydrogen (secondary N) is 1. The van der Waals surface area contributed by atoms with Crippen molar-refractivity contribution in [1.29, 1.82) is 0 Å². The van der Waals surface area contributed by atoms with Gasteiger partial charge in [-0.15, -0.1) is 0 Å². The van der Waals surface area contributed by atoms with Gasteiger partial charge < -0.3 is 20.4 Å². The molecule has 1 heterocycles. The fourth-order valence-electron chi connectivity index (χ4n) is 2.75. The minimum atomic E-state index is -0.594. The number of aromatic nitrogens is 1. The minimum absolute atomic E-state index is 0.0109. The molecule has 0 saturated heterocycles. The Bertz CT molecular complexity index is 966. The number of benzene rings is 2. The molecular weight excluding hydrogens is 346 g/mol. The van der Waals surface area contributed by atoms with E-state index >= 15 is 0 Å². The van der Waals surface area contributed by atoms with E-state index in [1.165, 1.54) is 4.90 Å². The summed E-state index contributed by atoms with van der Waals surface area (Å²) >= 11 is 0. The van der Waals surface area contributed by atoms with Gasteiger partial charge >= 0.3 is 5.97 Å². The molecule has 0 unspecified atom stereocenters. The summed E-state index contributed by atoms with van der Waals surface area (Å²) in [6.07, 6.45) is 1.57. The molecule has 2 aromatic carbocycles. The molecular formula is C20H19N3O4. The second kappa shape index (κ2) is 8.18. The van der Waals surface area contributed by atoms with E-state index < -0.39 is 24.4 Å². The second-order valence-electron chi connectivity index (χ2n) is 5.92. The van der Waals surface area contributed by atoms with Gasteiger partial charge in [-0.1, -0.05) is 36.4 Å². The van der Waals surface area contributed by atoms with Crippen molar-refractivity contribution in [2.75, 3.05) is 18.1 Å². The molecule has 2 amide bonds. The number of para-hydroxylation sites is 2. The van der Waals surface area contributed by atoms with E-state index in [1.807, 2.05) is 24.3 Å². The predicted molar refractivity (Wildman–Crippen MR) is 101 cm³/mol. The number of primary amides is 1. The van der Waals surface area contributed by atoms with Crippen LogP contribution in [-0.2, 0) is 14.3 Å². The zero-order chi connectivity index (χ0) is 19.2. The molecule has 0 bridgehead atoms. The Morgan fingerprint density at radius 3 is 2.44 bits per heavy atom. The van der Waals surface area contributed by atoms with Gasteiger partial charge in [0.25, 0.3) is 5.91 Å². The Labute approximate surface area is 155 Å². The summed E-state index contributed by atoms with van der Waals surface area (Å²) in [7, 11) is 0. The number of anilines is 1. The number of hydrogen-bond acceptors (Lipinski definition) is 4. The van der Waals surface area contributed by atoms with Crippen LogP contribution in [0, 0.1) is 0 Å². The molecule has 3 N–H and O–H groups in total. The number of aromatic amines is 1. The monoisotopic (exact) mass is 365 g/mol. The summed E-state index contributed by atoms with van der Waals surface area (Å²) in [5, 5.41) is 0.726. The summed E-state index contributed by atoms with van der Waals surface area (Å²) < 4.78 is 5.20. The van der Waals surface area contributed by atoms with Crippen molar-refractivity contribution in [3.05, 3.63) is 66.4 Å². The lowest BCUT2D eigenvalue weighted by Crippen LogP contribution is -2.37. The lowest BCUT2D eigenvalue weighted by Gasteiger charge is -2.22. The van der Waals surface area contributed by atoms with E-state index in [0.717, 1.165) is 10.9 Å². The van der Waals surface area contributed by atoms with Crippen LogP contribution in [0.2, 0.25) is 0 Å². The largest absolute Gasteiger partial charge is 0.452 e. The number of nitrogens with two attached hydrogens (primary N) is 1. The number of esters is 1. The molecule has 0 aliphatic heterocycles. The Morgan fingerprint density at radius 2 is 1.70 bits per heavy atom. The Hall–Kier alpha value is -3.61. The number of amides is 2. The number of nitrogens with zero attached hydrogens (tertiary/aromatic N) is 1. The molecule has 0 radical (unpaired) electrons. The number of hydrogen-bond donors (Lipinski definition) is 2. The highest BCUT2D eigenvalue weighted by molar-refractivity contribution is 6.05.